The van der Waals surface area contributed by atoms with Crippen LogP contribution in [0.1, 0.15) is 64.1 Å². The molecule has 196 valence electrons. The third-order valence-electron chi connectivity index (χ3n) is 10.3. The van der Waals surface area contributed by atoms with Crippen molar-refractivity contribution in [3.8, 4) is 5.69 Å². The summed E-state index contributed by atoms with van der Waals surface area (Å²) in [7, 11) is 0. The van der Waals surface area contributed by atoms with Gasteiger partial charge < -0.3 is 14.9 Å². The number of esters is 1. The third kappa shape index (κ3) is 3.24. The van der Waals surface area contributed by atoms with Gasteiger partial charge in [-0.3, -0.25) is 4.79 Å². The van der Waals surface area contributed by atoms with E-state index in [2.05, 4.69) is 18.1 Å². The summed E-state index contributed by atoms with van der Waals surface area (Å²) in [5.74, 6) is -1.87. The van der Waals surface area contributed by atoms with Gasteiger partial charge in [0, 0.05) is 12.3 Å². The average Bonchev–Trinajstić information content (AvgIpc) is 3.35. The van der Waals surface area contributed by atoms with E-state index in [9.17, 15) is 24.2 Å². The number of nitrogens with zero attached hydrogens (tertiary/aromatic N) is 2. The maximum Gasteiger partial charge on any atom is 0.348 e. The topological polar surface area (TPSA) is 102 Å². The number of hydrogen-bond donors (Lipinski definition) is 2. The number of carboxylic acid groups (broad SMARTS) is 1. The second kappa shape index (κ2) is 8.00. The minimum absolute atomic E-state index is 0.0326. The molecule has 1 aromatic heterocycles. The van der Waals surface area contributed by atoms with Crippen LogP contribution in [0.3, 0.4) is 0 Å². The average molecular weight is 509 g/mol. The molecule has 0 bridgehead atoms. The van der Waals surface area contributed by atoms with Gasteiger partial charge in [-0.05, 0) is 97.6 Å². The molecule has 8 heteroatoms. The highest BCUT2D eigenvalue weighted by molar-refractivity contribution is 5.83. The fraction of sp³-hybridized carbons (Fsp3) is 0.552. The minimum Gasteiger partial charge on any atom is -0.478 e. The Labute approximate surface area is 215 Å². The van der Waals surface area contributed by atoms with Crippen molar-refractivity contribution in [2.24, 2.45) is 28.6 Å². The van der Waals surface area contributed by atoms with Crippen molar-refractivity contribution in [1.29, 1.82) is 0 Å². The number of rotatable bonds is 3. The number of ether oxygens (including phenoxy) is 1. The smallest absolute Gasteiger partial charge is 0.348 e. The van der Waals surface area contributed by atoms with E-state index < -0.39 is 29.1 Å². The van der Waals surface area contributed by atoms with Crippen LogP contribution in [0, 0.1) is 34.4 Å². The Morgan fingerprint density at radius 3 is 2.59 bits per heavy atom. The van der Waals surface area contributed by atoms with Crippen molar-refractivity contribution in [1.82, 2.24) is 9.78 Å². The SMILES string of the molecule is CC(=O)O[C@@]1(C(=O)O)CC[C@@H]2[C@H]3CCC4=Cc5c(cnn5-c5ccc(F)cc5)C[C@@]4(C)[C@@H]3[C@H](O)C[C@]21C. The fourth-order valence-electron chi connectivity index (χ4n) is 8.77. The number of halogens is 1. The van der Waals surface area contributed by atoms with Crippen LogP contribution in [-0.2, 0) is 20.7 Å². The van der Waals surface area contributed by atoms with E-state index in [1.165, 1.54) is 24.6 Å². The summed E-state index contributed by atoms with van der Waals surface area (Å²) >= 11 is 0. The van der Waals surface area contributed by atoms with Gasteiger partial charge in [-0.2, -0.15) is 5.10 Å². The standard InChI is InChI=1S/C29H33FN2O5/c1-16(33)37-29(26(35)36)11-10-22-21-9-4-18-12-23-17(15-31-32(23)20-7-5-19(30)6-8-20)13-27(18,2)25(21)24(34)14-28(22,29)3/h5-8,12,15,21-22,24-25,34H,4,9-11,13-14H2,1-3H3,(H,35,36)/t21-,22-,24-,25+,27-,28-,29-/m1/s1. The number of aliphatic carboxylic acids is 1. The molecule has 37 heavy (non-hydrogen) atoms. The van der Waals surface area contributed by atoms with Gasteiger partial charge >= 0.3 is 11.9 Å². The number of carbonyl (C=O) groups is 2. The Kier molecular flexibility index (Phi) is 5.26. The monoisotopic (exact) mass is 508 g/mol. The highest BCUT2D eigenvalue weighted by Gasteiger charge is 2.71. The molecule has 3 saturated carbocycles. The van der Waals surface area contributed by atoms with Gasteiger partial charge in [-0.15, -0.1) is 0 Å². The molecule has 0 unspecified atom stereocenters. The second-order valence-electron chi connectivity index (χ2n) is 12.0. The molecule has 4 aliphatic carbocycles. The molecule has 7 atom stereocenters. The van der Waals surface area contributed by atoms with E-state index in [4.69, 9.17) is 4.74 Å². The predicted molar refractivity (Wildman–Crippen MR) is 133 cm³/mol. The van der Waals surface area contributed by atoms with E-state index in [0.717, 1.165) is 36.2 Å². The second-order valence-corrected chi connectivity index (χ2v) is 12.0. The maximum atomic E-state index is 13.5. The minimum atomic E-state index is -1.61. The summed E-state index contributed by atoms with van der Waals surface area (Å²) in [4.78, 5) is 24.5. The number of hydrogen-bond acceptors (Lipinski definition) is 5. The lowest BCUT2D eigenvalue weighted by Crippen LogP contribution is -2.62. The Bertz CT molecular complexity index is 1320. The van der Waals surface area contributed by atoms with Gasteiger partial charge in [-0.25, -0.2) is 13.9 Å². The first-order chi connectivity index (χ1) is 17.5. The van der Waals surface area contributed by atoms with Crippen molar-refractivity contribution in [3.63, 3.8) is 0 Å². The van der Waals surface area contributed by atoms with Crippen molar-refractivity contribution >= 4 is 18.0 Å². The van der Waals surface area contributed by atoms with Gasteiger partial charge in [0.25, 0.3) is 0 Å². The van der Waals surface area contributed by atoms with Crippen LogP contribution in [0.25, 0.3) is 11.8 Å². The van der Waals surface area contributed by atoms with Crippen LogP contribution in [-0.4, -0.2) is 43.6 Å². The molecule has 3 fully saturated rings. The van der Waals surface area contributed by atoms with E-state index in [1.54, 1.807) is 12.1 Å². The maximum absolute atomic E-state index is 13.5. The first-order valence-corrected chi connectivity index (χ1v) is 13.1. The molecular weight excluding hydrogens is 475 g/mol. The third-order valence-corrected chi connectivity index (χ3v) is 10.3. The highest BCUT2D eigenvalue weighted by atomic mass is 19.1. The lowest BCUT2D eigenvalue weighted by atomic mass is 9.45. The van der Waals surface area contributed by atoms with E-state index in [1.807, 2.05) is 17.8 Å². The molecule has 0 saturated heterocycles. The molecule has 2 aromatic rings. The summed E-state index contributed by atoms with van der Waals surface area (Å²) in [5.41, 5.74) is 1.42. The van der Waals surface area contributed by atoms with Gasteiger partial charge in [0.15, 0.2) is 0 Å². The lowest BCUT2D eigenvalue weighted by molar-refractivity contribution is -0.209. The van der Waals surface area contributed by atoms with Crippen LogP contribution in [0.5, 0.6) is 0 Å². The first kappa shape index (κ1) is 24.3. The normalized spacial score (nSPS) is 38.0. The zero-order valence-corrected chi connectivity index (χ0v) is 21.4. The van der Waals surface area contributed by atoms with Crippen molar-refractivity contribution < 1.29 is 28.9 Å². The molecule has 4 aliphatic rings. The molecule has 0 amide bonds. The molecule has 6 rings (SSSR count). The number of aliphatic hydroxyl groups excluding tert-OH is 1. The number of allylic oxidation sites excluding steroid dienone is 1. The molecule has 1 aromatic carbocycles. The Morgan fingerprint density at radius 1 is 1.19 bits per heavy atom. The Hall–Kier alpha value is -3.00. The lowest BCUT2D eigenvalue weighted by Gasteiger charge is -2.60. The summed E-state index contributed by atoms with van der Waals surface area (Å²) in [5, 5.41) is 26.6. The summed E-state index contributed by atoms with van der Waals surface area (Å²) < 4.78 is 20.9. The van der Waals surface area contributed by atoms with Gasteiger partial charge in [0.2, 0.25) is 5.60 Å². The molecule has 0 spiro atoms. The van der Waals surface area contributed by atoms with E-state index in [-0.39, 0.29) is 41.8 Å². The van der Waals surface area contributed by atoms with Crippen LogP contribution >= 0.6 is 0 Å². The number of aromatic nitrogens is 2. The zero-order chi connectivity index (χ0) is 26.3. The molecule has 7 nitrogen and oxygen atoms in total. The van der Waals surface area contributed by atoms with Gasteiger partial charge in [0.1, 0.15) is 5.82 Å². The molecule has 1 heterocycles. The molecular formula is C29H33FN2O5. The van der Waals surface area contributed by atoms with E-state index in [0.29, 0.717) is 6.42 Å². The fourth-order valence-corrected chi connectivity index (χ4v) is 8.77. The van der Waals surface area contributed by atoms with Gasteiger partial charge in [0.05, 0.1) is 23.7 Å². The highest BCUT2D eigenvalue weighted by Crippen LogP contribution is 2.68. The van der Waals surface area contributed by atoms with Crippen LogP contribution in [0.2, 0.25) is 0 Å². The summed E-state index contributed by atoms with van der Waals surface area (Å²) in [6, 6.07) is 6.29. The molecule has 0 aliphatic heterocycles. The van der Waals surface area contributed by atoms with Crippen molar-refractivity contribution in [2.75, 3.05) is 0 Å². The number of fused-ring (bicyclic) bond motifs is 6. The molecule has 2 N–H and O–H groups in total. The Balaban J connectivity index is 1.37. The van der Waals surface area contributed by atoms with Crippen molar-refractivity contribution in [3.05, 3.63) is 53.1 Å². The largest absolute Gasteiger partial charge is 0.478 e. The predicted octanol–water partition coefficient (Wildman–Crippen LogP) is 4.55. The molecule has 0 radical (unpaired) electrons. The number of carboxylic acids is 1. The quantitative estimate of drug-likeness (QED) is 0.590. The zero-order valence-electron chi connectivity index (χ0n) is 21.4. The van der Waals surface area contributed by atoms with Crippen LogP contribution in [0.15, 0.2) is 36.0 Å². The number of carbonyl (C=O) groups excluding carboxylic acids is 1. The first-order valence-electron chi connectivity index (χ1n) is 13.1. The van der Waals surface area contributed by atoms with Crippen LogP contribution in [0.4, 0.5) is 4.39 Å². The number of aliphatic hydroxyl groups is 1. The summed E-state index contributed by atoms with van der Waals surface area (Å²) in [6.07, 6.45) is 6.97. The summed E-state index contributed by atoms with van der Waals surface area (Å²) in [6.45, 7) is 5.39. The Morgan fingerprint density at radius 2 is 1.92 bits per heavy atom. The number of benzene rings is 1. The van der Waals surface area contributed by atoms with Crippen molar-refractivity contribution in [2.45, 2.75) is 71.0 Å². The van der Waals surface area contributed by atoms with E-state index >= 15 is 0 Å². The van der Waals surface area contributed by atoms with Crippen LogP contribution < -0.4 is 0 Å². The van der Waals surface area contributed by atoms with Gasteiger partial charge in [-0.1, -0.05) is 19.4 Å².